The summed E-state index contributed by atoms with van der Waals surface area (Å²) < 4.78 is 1.62. The van der Waals surface area contributed by atoms with Crippen LogP contribution in [0.2, 0.25) is 0 Å². The van der Waals surface area contributed by atoms with E-state index in [1.165, 1.54) is 6.20 Å². The number of hydrogen-bond acceptors (Lipinski definition) is 4. The highest BCUT2D eigenvalue weighted by Crippen LogP contribution is 2.19. The lowest BCUT2D eigenvalue weighted by molar-refractivity contribution is 0.1000. The minimum atomic E-state index is -0.518. The van der Waals surface area contributed by atoms with Crippen LogP contribution in [0.4, 0.5) is 0 Å². The van der Waals surface area contributed by atoms with Crippen LogP contribution in [0.15, 0.2) is 12.3 Å². The second-order valence-corrected chi connectivity index (χ2v) is 4.65. The zero-order valence-electron chi connectivity index (χ0n) is 9.43. The topological polar surface area (TPSA) is 86.2 Å². The lowest BCUT2D eigenvalue weighted by atomic mass is 9.96. The maximum Gasteiger partial charge on any atom is 0.250 e. The van der Waals surface area contributed by atoms with Gasteiger partial charge in [-0.2, -0.15) is 9.61 Å². The van der Waals surface area contributed by atoms with Gasteiger partial charge in [-0.3, -0.25) is 4.79 Å². The van der Waals surface area contributed by atoms with Crippen LogP contribution in [0.1, 0.15) is 37.0 Å². The predicted molar refractivity (Wildman–Crippen MR) is 58.0 cm³/mol. The Labute approximate surface area is 92.5 Å². The van der Waals surface area contributed by atoms with Crippen molar-refractivity contribution in [2.75, 3.05) is 0 Å². The normalized spacial score (nSPS) is 11.9. The first kappa shape index (κ1) is 10.5. The van der Waals surface area contributed by atoms with Crippen LogP contribution >= 0.6 is 0 Å². The Hall–Kier alpha value is -1.98. The molecule has 1 amide bonds. The standard InChI is InChI=1S/C10H13N5O/c1-10(2,3)9-14-13-7-4-6(8(11)16)5-12-15(7)9/h4-5H,1-3H3,(H2,11,16). The number of carbonyl (C=O) groups is 1. The number of amides is 1. The van der Waals surface area contributed by atoms with Crippen molar-refractivity contribution >= 4 is 11.6 Å². The Morgan fingerprint density at radius 2 is 2.06 bits per heavy atom. The molecule has 16 heavy (non-hydrogen) atoms. The molecule has 0 aromatic carbocycles. The average molecular weight is 219 g/mol. The van der Waals surface area contributed by atoms with E-state index in [4.69, 9.17) is 5.73 Å². The SMILES string of the molecule is CC(C)(C)c1nnc2cc(C(N)=O)cnn12. The van der Waals surface area contributed by atoms with Crippen molar-refractivity contribution in [3.05, 3.63) is 23.7 Å². The Bertz CT molecular complexity index is 552. The van der Waals surface area contributed by atoms with Crippen molar-refractivity contribution in [2.45, 2.75) is 26.2 Å². The van der Waals surface area contributed by atoms with Gasteiger partial charge in [-0.15, -0.1) is 10.2 Å². The smallest absolute Gasteiger partial charge is 0.250 e. The van der Waals surface area contributed by atoms with Crippen LogP contribution in [0.5, 0.6) is 0 Å². The van der Waals surface area contributed by atoms with Crippen molar-refractivity contribution in [3.8, 4) is 0 Å². The molecule has 0 aliphatic heterocycles. The van der Waals surface area contributed by atoms with E-state index in [1.54, 1.807) is 10.6 Å². The molecule has 0 fully saturated rings. The summed E-state index contributed by atoms with van der Waals surface area (Å²) in [5.41, 5.74) is 5.87. The van der Waals surface area contributed by atoms with Gasteiger partial charge >= 0.3 is 0 Å². The Morgan fingerprint density at radius 1 is 1.38 bits per heavy atom. The molecule has 0 bridgehead atoms. The van der Waals surface area contributed by atoms with Gasteiger partial charge in [0.1, 0.15) is 0 Å². The first-order valence-corrected chi connectivity index (χ1v) is 4.91. The Morgan fingerprint density at radius 3 is 2.62 bits per heavy atom. The molecule has 0 atom stereocenters. The molecule has 0 radical (unpaired) electrons. The molecule has 0 aliphatic carbocycles. The van der Waals surface area contributed by atoms with Gasteiger partial charge in [0.25, 0.3) is 0 Å². The van der Waals surface area contributed by atoms with E-state index in [0.29, 0.717) is 11.2 Å². The van der Waals surface area contributed by atoms with E-state index in [9.17, 15) is 4.79 Å². The van der Waals surface area contributed by atoms with E-state index in [-0.39, 0.29) is 5.41 Å². The van der Waals surface area contributed by atoms with Crippen molar-refractivity contribution < 1.29 is 4.79 Å². The first-order valence-electron chi connectivity index (χ1n) is 4.91. The maximum absolute atomic E-state index is 11.0. The van der Waals surface area contributed by atoms with Crippen LogP contribution in [-0.2, 0) is 5.41 Å². The molecular formula is C10H13N5O. The van der Waals surface area contributed by atoms with E-state index < -0.39 is 5.91 Å². The van der Waals surface area contributed by atoms with Crippen molar-refractivity contribution in [1.82, 2.24) is 19.8 Å². The number of aromatic nitrogens is 4. The van der Waals surface area contributed by atoms with E-state index in [2.05, 4.69) is 15.3 Å². The highest BCUT2D eigenvalue weighted by atomic mass is 16.1. The van der Waals surface area contributed by atoms with Crippen molar-refractivity contribution in [2.24, 2.45) is 5.73 Å². The summed E-state index contributed by atoms with van der Waals surface area (Å²) in [7, 11) is 0. The van der Waals surface area contributed by atoms with Crippen LogP contribution in [0.25, 0.3) is 5.65 Å². The third-order valence-electron chi connectivity index (χ3n) is 2.22. The second kappa shape index (κ2) is 3.26. The van der Waals surface area contributed by atoms with Gasteiger partial charge in [-0.05, 0) is 6.07 Å². The van der Waals surface area contributed by atoms with Crippen molar-refractivity contribution in [1.29, 1.82) is 0 Å². The molecule has 0 saturated heterocycles. The number of primary amides is 1. The summed E-state index contributed by atoms with van der Waals surface area (Å²) in [5, 5.41) is 12.2. The van der Waals surface area contributed by atoms with Crippen LogP contribution < -0.4 is 5.73 Å². The van der Waals surface area contributed by atoms with Gasteiger partial charge in [-0.25, -0.2) is 0 Å². The summed E-state index contributed by atoms with van der Waals surface area (Å²) in [6, 6.07) is 1.58. The summed E-state index contributed by atoms with van der Waals surface area (Å²) in [4.78, 5) is 11.0. The van der Waals surface area contributed by atoms with Gasteiger partial charge < -0.3 is 5.73 Å². The van der Waals surface area contributed by atoms with Gasteiger partial charge in [0.2, 0.25) is 5.91 Å². The molecule has 84 valence electrons. The lowest BCUT2D eigenvalue weighted by Gasteiger charge is -2.14. The number of carbonyl (C=O) groups excluding carboxylic acids is 1. The zero-order chi connectivity index (χ0) is 11.9. The number of nitrogens with zero attached hydrogens (tertiary/aromatic N) is 4. The monoisotopic (exact) mass is 219 g/mol. The highest BCUT2D eigenvalue weighted by Gasteiger charge is 2.21. The van der Waals surface area contributed by atoms with Gasteiger partial charge in [0.05, 0.1) is 11.8 Å². The quantitative estimate of drug-likeness (QED) is 0.757. The molecule has 0 aliphatic rings. The van der Waals surface area contributed by atoms with E-state index >= 15 is 0 Å². The summed E-state index contributed by atoms with van der Waals surface area (Å²) in [6.07, 6.45) is 1.42. The van der Waals surface area contributed by atoms with E-state index in [1.807, 2.05) is 20.8 Å². The Kier molecular flexibility index (Phi) is 2.15. The molecule has 2 heterocycles. The molecule has 0 unspecified atom stereocenters. The fourth-order valence-electron chi connectivity index (χ4n) is 1.39. The number of nitrogens with two attached hydrogens (primary N) is 1. The zero-order valence-corrected chi connectivity index (χ0v) is 9.43. The molecule has 6 nitrogen and oxygen atoms in total. The molecule has 2 N–H and O–H groups in total. The molecular weight excluding hydrogens is 206 g/mol. The van der Waals surface area contributed by atoms with Gasteiger partial charge in [0, 0.05) is 5.41 Å². The summed E-state index contributed by atoms with van der Waals surface area (Å²) >= 11 is 0. The second-order valence-electron chi connectivity index (χ2n) is 4.65. The number of rotatable bonds is 1. The molecule has 0 spiro atoms. The van der Waals surface area contributed by atoms with Crippen LogP contribution in [0, 0.1) is 0 Å². The largest absolute Gasteiger partial charge is 0.366 e. The first-order chi connectivity index (χ1) is 7.39. The van der Waals surface area contributed by atoms with Gasteiger partial charge in [0.15, 0.2) is 11.5 Å². The lowest BCUT2D eigenvalue weighted by Crippen LogP contribution is -2.18. The minimum absolute atomic E-state index is 0.152. The maximum atomic E-state index is 11.0. The van der Waals surface area contributed by atoms with Gasteiger partial charge in [-0.1, -0.05) is 20.8 Å². The van der Waals surface area contributed by atoms with Crippen molar-refractivity contribution in [3.63, 3.8) is 0 Å². The predicted octanol–water partition coefficient (Wildman–Crippen LogP) is 0.521. The highest BCUT2D eigenvalue weighted by molar-refractivity contribution is 5.93. The number of fused-ring (bicyclic) bond motifs is 1. The third kappa shape index (κ3) is 1.62. The molecule has 0 saturated carbocycles. The van der Waals surface area contributed by atoms with Crippen LogP contribution in [0.3, 0.4) is 0 Å². The fraction of sp³-hybridized carbons (Fsp3) is 0.400. The van der Waals surface area contributed by atoms with E-state index in [0.717, 1.165) is 5.82 Å². The average Bonchev–Trinajstić information content (AvgIpc) is 2.58. The Balaban J connectivity index is 2.64. The molecule has 2 aromatic rings. The summed E-state index contributed by atoms with van der Waals surface area (Å²) in [5.74, 6) is 0.230. The molecule has 2 rings (SSSR count). The fourth-order valence-corrected chi connectivity index (χ4v) is 1.39. The summed E-state index contributed by atoms with van der Waals surface area (Å²) in [6.45, 7) is 6.06. The third-order valence-corrected chi connectivity index (χ3v) is 2.22. The van der Waals surface area contributed by atoms with Crippen LogP contribution in [-0.4, -0.2) is 25.7 Å². The molecule has 2 aromatic heterocycles. The molecule has 6 heteroatoms. The number of hydrogen-bond donors (Lipinski definition) is 1. The minimum Gasteiger partial charge on any atom is -0.366 e.